The van der Waals surface area contributed by atoms with Crippen molar-refractivity contribution in [1.29, 1.82) is 0 Å². The Labute approximate surface area is 357 Å². The molecule has 0 saturated carbocycles. The van der Waals surface area contributed by atoms with Crippen molar-refractivity contribution in [2.75, 3.05) is 41.0 Å². The number of carbonyl (C=O) groups is 3. The summed E-state index contributed by atoms with van der Waals surface area (Å²) >= 11 is 0. The van der Waals surface area contributed by atoms with E-state index in [-0.39, 0.29) is 36.2 Å². The summed E-state index contributed by atoms with van der Waals surface area (Å²) < 4.78 is 17.3. The first-order chi connectivity index (χ1) is 28.1. The van der Waals surface area contributed by atoms with Gasteiger partial charge in [-0.25, -0.2) is 4.79 Å². The number of aliphatic carboxylic acids is 1. The maximum absolute atomic E-state index is 12.7. The predicted molar refractivity (Wildman–Crippen MR) is 243 cm³/mol. The van der Waals surface area contributed by atoms with Crippen molar-refractivity contribution in [3.63, 3.8) is 0 Å². The van der Waals surface area contributed by atoms with Crippen molar-refractivity contribution >= 4 is 17.9 Å². The van der Waals surface area contributed by atoms with Crippen molar-refractivity contribution in [1.82, 2.24) is 0 Å². The van der Waals surface area contributed by atoms with Gasteiger partial charge in [0, 0.05) is 19.3 Å². The van der Waals surface area contributed by atoms with Gasteiger partial charge in [-0.1, -0.05) is 185 Å². The molecule has 0 spiro atoms. The van der Waals surface area contributed by atoms with E-state index in [9.17, 15) is 19.5 Å². The van der Waals surface area contributed by atoms with E-state index in [1.807, 2.05) is 21.1 Å². The third-order valence-electron chi connectivity index (χ3n) is 10.8. The molecule has 0 aromatic carbocycles. The Morgan fingerprint density at radius 2 is 0.966 bits per heavy atom. The predicted octanol–water partition coefficient (Wildman–Crippen LogP) is 13.4. The second kappa shape index (κ2) is 41.3. The molecule has 0 bridgehead atoms. The second-order valence-electron chi connectivity index (χ2n) is 17.3. The molecule has 1 N–H and O–H groups in total. The molecule has 58 heavy (non-hydrogen) atoms. The van der Waals surface area contributed by atoms with E-state index >= 15 is 0 Å². The van der Waals surface area contributed by atoms with Gasteiger partial charge in [-0.3, -0.25) is 9.59 Å². The normalized spacial score (nSPS) is 13.2. The molecule has 0 amide bonds. The van der Waals surface area contributed by atoms with Crippen LogP contribution in [-0.4, -0.2) is 80.6 Å². The maximum Gasteiger partial charge on any atom is 0.362 e. The lowest BCUT2D eigenvalue weighted by atomic mass is 10.0. The Kier molecular flexibility index (Phi) is 39.5. The molecule has 0 fully saturated rings. The Hall–Kier alpha value is -2.45. The highest BCUT2D eigenvalue weighted by atomic mass is 16.6. The monoisotopic (exact) mass is 819 g/mol. The molecule has 8 nitrogen and oxygen atoms in total. The summed E-state index contributed by atoms with van der Waals surface area (Å²) in [5, 5.41) is 9.63. The number of carboxylic acids is 1. The van der Waals surface area contributed by atoms with E-state index in [1.165, 1.54) is 109 Å². The second-order valence-corrected chi connectivity index (χ2v) is 17.3. The number of allylic oxidation sites excluding steroid dienone is 6. The van der Waals surface area contributed by atoms with Gasteiger partial charge < -0.3 is 23.8 Å². The van der Waals surface area contributed by atoms with Gasteiger partial charge in [0.1, 0.15) is 6.61 Å². The van der Waals surface area contributed by atoms with Crippen LogP contribution >= 0.6 is 0 Å². The molecular weight excluding hydrogens is 727 g/mol. The lowest BCUT2D eigenvalue weighted by Gasteiger charge is -2.31. The molecule has 2 unspecified atom stereocenters. The lowest BCUT2D eigenvalue weighted by Crippen LogP contribution is -2.50. The zero-order valence-corrected chi connectivity index (χ0v) is 38.5. The van der Waals surface area contributed by atoms with Crippen molar-refractivity contribution in [2.45, 2.75) is 225 Å². The van der Waals surface area contributed by atoms with Gasteiger partial charge in [-0.05, 0) is 44.9 Å². The zero-order chi connectivity index (χ0) is 42.8. The molecule has 0 aliphatic rings. The van der Waals surface area contributed by atoms with Crippen molar-refractivity contribution in [3.05, 3.63) is 36.5 Å². The number of carboxylic acid groups (broad SMARTS) is 1. The summed E-state index contributed by atoms with van der Waals surface area (Å²) in [6, 6.07) is -0.616. The summed E-state index contributed by atoms with van der Waals surface area (Å²) in [5.41, 5.74) is 0. The zero-order valence-electron chi connectivity index (χ0n) is 38.5. The van der Waals surface area contributed by atoms with Crippen LogP contribution in [0.4, 0.5) is 0 Å². The van der Waals surface area contributed by atoms with Crippen LogP contribution in [0.5, 0.6) is 0 Å². The topological polar surface area (TPSA) is 99.1 Å². The number of unbranched alkanes of at least 4 members (excludes halogenated alkanes) is 23. The minimum Gasteiger partial charge on any atom is -0.477 e. The van der Waals surface area contributed by atoms with Crippen molar-refractivity contribution < 1.29 is 38.2 Å². The number of carbonyl (C=O) groups excluding carboxylic acids is 2. The van der Waals surface area contributed by atoms with E-state index in [4.69, 9.17) is 14.2 Å². The van der Waals surface area contributed by atoms with E-state index in [0.29, 0.717) is 19.3 Å². The van der Waals surface area contributed by atoms with Crippen LogP contribution in [0.3, 0.4) is 0 Å². The molecule has 0 aromatic heterocycles. The molecule has 8 heteroatoms. The van der Waals surface area contributed by atoms with Gasteiger partial charge in [0.2, 0.25) is 0 Å². The number of hydrogen-bond donors (Lipinski definition) is 1. The number of quaternary nitrogens is 1. The van der Waals surface area contributed by atoms with Gasteiger partial charge >= 0.3 is 17.9 Å². The van der Waals surface area contributed by atoms with Crippen molar-refractivity contribution in [2.24, 2.45) is 0 Å². The third kappa shape index (κ3) is 39.0. The number of nitrogens with zero attached hydrogens (tertiary/aromatic N) is 1. The molecular formula is C50H92NO7+. The number of hydrogen-bond acceptors (Lipinski definition) is 6. The Balaban J connectivity index is 4.28. The molecule has 0 aliphatic carbocycles. The van der Waals surface area contributed by atoms with Crippen LogP contribution in [0.25, 0.3) is 0 Å². The van der Waals surface area contributed by atoms with Gasteiger partial charge in [0.25, 0.3) is 0 Å². The average molecular weight is 819 g/mol. The van der Waals surface area contributed by atoms with E-state index in [1.54, 1.807) is 0 Å². The molecule has 0 saturated heterocycles. The highest BCUT2D eigenvalue weighted by Gasteiger charge is 2.31. The molecule has 2 atom stereocenters. The highest BCUT2D eigenvalue weighted by molar-refractivity contribution is 5.72. The van der Waals surface area contributed by atoms with Crippen LogP contribution in [0, 0.1) is 0 Å². The minimum absolute atomic E-state index is 0.0532. The van der Waals surface area contributed by atoms with Crippen LogP contribution in [0.15, 0.2) is 36.5 Å². The van der Waals surface area contributed by atoms with Crippen LogP contribution in [-0.2, 0) is 28.6 Å². The van der Waals surface area contributed by atoms with E-state index < -0.39 is 18.1 Å². The summed E-state index contributed by atoms with van der Waals surface area (Å²) in [7, 11) is 5.53. The Bertz CT molecular complexity index is 1050. The van der Waals surface area contributed by atoms with Gasteiger partial charge in [-0.15, -0.1) is 0 Å². The van der Waals surface area contributed by atoms with E-state index in [2.05, 4.69) is 50.3 Å². The maximum atomic E-state index is 12.7. The first-order valence-corrected chi connectivity index (χ1v) is 24.0. The van der Waals surface area contributed by atoms with Crippen LogP contribution < -0.4 is 0 Å². The standard InChI is InChI=1S/C50H91NO7/c1-6-8-10-12-14-16-18-20-22-24-25-27-28-30-32-34-36-38-40-48(52)57-45-46(44-56-43-42-47(50(54)55)51(3,4)5)58-49(53)41-39-37-35-33-31-29-26-23-21-19-17-15-13-11-9-7-2/h9,11,15,17,21,23,46-47H,6-8,10,12-14,16,18-20,22,24-45H2,1-5H3/p+1/b11-9+,17-15+,23-21+. The SMILES string of the molecule is CC/C=C/C/C=C/C/C=C/CCCCCCCCC(=O)OC(COCCC(C(=O)O)[N+](C)(C)C)COC(=O)CCCCCCCCCCCCCCCCCCCC. The van der Waals surface area contributed by atoms with Gasteiger partial charge in [0.15, 0.2) is 12.1 Å². The first kappa shape index (κ1) is 55.5. The third-order valence-corrected chi connectivity index (χ3v) is 10.8. The molecule has 0 aromatic rings. The molecule has 0 rings (SSSR count). The summed E-state index contributed by atoms with van der Waals surface area (Å²) in [6.45, 7) is 4.64. The van der Waals surface area contributed by atoms with Crippen molar-refractivity contribution in [3.8, 4) is 0 Å². The van der Waals surface area contributed by atoms with E-state index in [0.717, 1.165) is 70.6 Å². The quantitative estimate of drug-likeness (QED) is 0.0283. The summed E-state index contributed by atoms with van der Waals surface area (Å²) in [4.78, 5) is 37.1. The molecule has 0 heterocycles. The molecule has 338 valence electrons. The smallest absolute Gasteiger partial charge is 0.362 e. The summed E-state index contributed by atoms with van der Waals surface area (Å²) in [6.07, 6.45) is 47.6. The van der Waals surface area contributed by atoms with Gasteiger partial charge in [-0.2, -0.15) is 0 Å². The number of esters is 2. The number of ether oxygens (including phenoxy) is 3. The minimum atomic E-state index is -0.876. The number of rotatable bonds is 43. The molecule has 0 aliphatic heterocycles. The summed E-state index contributed by atoms with van der Waals surface area (Å²) in [5.74, 6) is -1.47. The van der Waals surface area contributed by atoms with Crippen LogP contribution in [0.2, 0.25) is 0 Å². The fourth-order valence-electron chi connectivity index (χ4n) is 7.11. The Morgan fingerprint density at radius 3 is 1.43 bits per heavy atom. The number of likely N-dealkylation sites (N-methyl/N-ethyl adjacent to an activating group) is 1. The first-order valence-electron chi connectivity index (χ1n) is 24.0. The fraction of sp³-hybridized carbons (Fsp3) is 0.820. The largest absolute Gasteiger partial charge is 0.477 e. The lowest BCUT2D eigenvalue weighted by molar-refractivity contribution is -0.887. The van der Waals surface area contributed by atoms with Crippen LogP contribution in [0.1, 0.15) is 213 Å². The fourth-order valence-corrected chi connectivity index (χ4v) is 7.11. The Morgan fingerprint density at radius 1 is 0.534 bits per heavy atom. The average Bonchev–Trinajstić information content (AvgIpc) is 3.18. The molecule has 0 radical (unpaired) electrons. The highest BCUT2D eigenvalue weighted by Crippen LogP contribution is 2.16. The van der Waals surface area contributed by atoms with Gasteiger partial charge in [0.05, 0.1) is 34.4 Å².